The topological polar surface area (TPSA) is 53.7 Å². The number of ether oxygens (including phenoxy) is 3. The molecule has 4 heteroatoms. The lowest BCUT2D eigenvalue weighted by Gasteiger charge is -2.12. The molecule has 1 aromatic rings. The second kappa shape index (κ2) is 7.09. The van der Waals surface area contributed by atoms with E-state index in [-0.39, 0.29) is 6.10 Å². The average Bonchev–Trinajstić information content (AvgIpc) is 2.27. The third kappa shape index (κ3) is 5.00. The van der Waals surface area contributed by atoms with Gasteiger partial charge in [0.05, 0.1) is 19.3 Å². The monoisotopic (exact) mass is 225 g/mol. The molecular formula is C12H19NO3. The van der Waals surface area contributed by atoms with Gasteiger partial charge < -0.3 is 19.9 Å². The molecule has 0 aliphatic rings. The first-order chi connectivity index (χ1) is 7.72. The highest BCUT2D eigenvalue weighted by atomic mass is 16.5. The SMILES string of the molecule is COCC(C)OCCOc1ccc(N)cc1. The van der Waals surface area contributed by atoms with Crippen LogP contribution in [0.4, 0.5) is 5.69 Å². The number of hydrogen-bond acceptors (Lipinski definition) is 4. The van der Waals surface area contributed by atoms with Gasteiger partial charge in [0, 0.05) is 12.8 Å². The number of nitrogens with two attached hydrogens (primary N) is 1. The van der Waals surface area contributed by atoms with Crippen LogP contribution in [0, 0.1) is 0 Å². The maximum Gasteiger partial charge on any atom is 0.119 e. The van der Waals surface area contributed by atoms with E-state index in [1.807, 2.05) is 31.2 Å². The van der Waals surface area contributed by atoms with Crippen molar-refractivity contribution in [2.75, 3.05) is 32.7 Å². The molecule has 0 spiro atoms. The Kier molecular flexibility index (Phi) is 5.67. The highest BCUT2D eigenvalue weighted by molar-refractivity contribution is 5.41. The number of rotatable bonds is 7. The molecule has 1 unspecified atom stereocenters. The normalized spacial score (nSPS) is 12.4. The molecule has 0 heterocycles. The molecule has 0 fully saturated rings. The van der Waals surface area contributed by atoms with Crippen LogP contribution in [0.2, 0.25) is 0 Å². The lowest BCUT2D eigenvalue weighted by atomic mass is 10.3. The Morgan fingerprint density at radius 3 is 2.50 bits per heavy atom. The fourth-order valence-electron chi connectivity index (χ4n) is 1.26. The van der Waals surface area contributed by atoms with Crippen LogP contribution in [0.3, 0.4) is 0 Å². The minimum absolute atomic E-state index is 0.0972. The van der Waals surface area contributed by atoms with Crippen LogP contribution in [-0.2, 0) is 9.47 Å². The summed E-state index contributed by atoms with van der Waals surface area (Å²) in [7, 11) is 1.66. The molecule has 0 radical (unpaired) electrons. The molecular weight excluding hydrogens is 206 g/mol. The van der Waals surface area contributed by atoms with E-state index in [2.05, 4.69) is 0 Å². The van der Waals surface area contributed by atoms with Gasteiger partial charge >= 0.3 is 0 Å². The van der Waals surface area contributed by atoms with Gasteiger partial charge in [-0.1, -0.05) is 0 Å². The van der Waals surface area contributed by atoms with Crippen LogP contribution < -0.4 is 10.5 Å². The summed E-state index contributed by atoms with van der Waals surface area (Å²) in [5, 5.41) is 0. The Labute approximate surface area is 96.3 Å². The summed E-state index contributed by atoms with van der Waals surface area (Å²) < 4.78 is 15.9. The minimum Gasteiger partial charge on any atom is -0.491 e. The second-order valence-corrected chi connectivity index (χ2v) is 3.55. The summed E-state index contributed by atoms with van der Waals surface area (Å²) in [6, 6.07) is 7.30. The maximum atomic E-state index is 5.56. The zero-order valence-electron chi connectivity index (χ0n) is 9.81. The van der Waals surface area contributed by atoms with Crippen molar-refractivity contribution in [3.8, 4) is 5.75 Å². The zero-order valence-corrected chi connectivity index (χ0v) is 9.81. The third-order valence-corrected chi connectivity index (χ3v) is 2.04. The van der Waals surface area contributed by atoms with Crippen molar-refractivity contribution in [2.45, 2.75) is 13.0 Å². The molecule has 1 aromatic carbocycles. The first kappa shape index (κ1) is 12.8. The van der Waals surface area contributed by atoms with E-state index < -0.39 is 0 Å². The Bertz CT molecular complexity index is 287. The summed E-state index contributed by atoms with van der Waals surface area (Å²) in [6.07, 6.45) is 0.0972. The van der Waals surface area contributed by atoms with Gasteiger partial charge in [0.2, 0.25) is 0 Å². The fraction of sp³-hybridized carbons (Fsp3) is 0.500. The minimum atomic E-state index is 0.0972. The highest BCUT2D eigenvalue weighted by Gasteiger charge is 2.00. The summed E-state index contributed by atoms with van der Waals surface area (Å²) in [5.41, 5.74) is 6.29. The number of anilines is 1. The number of methoxy groups -OCH3 is 1. The van der Waals surface area contributed by atoms with E-state index in [1.165, 1.54) is 0 Å². The lowest BCUT2D eigenvalue weighted by molar-refractivity contribution is -0.00214. The third-order valence-electron chi connectivity index (χ3n) is 2.04. The fourth-order valence-corrected chi connectivity index (χ4v) is 1.26. The van der Waals surface area contributed by atoms with Crippen molar-refractivity contribution in [2.24, 2.45) is 0 Å². The molecule has 0 saturated heterocycles. The number of benzene rings is 1. The summed E-state index contributed by atoms with van der Waals surface area (Å²) in [4.78, 5) is 0. The van der Waals surface area contributed by atoms with Crippen molar-refractivity contribution in [1.29, 1.82) is 0 Å². The predicted molar refractivity (Wildman–Crippen MR) is 63.6 cm³/mol. The molecule has 0 aliphatic heterocycles. The van der Waals surface area contributed by atoms with Gasteiger partial charge in [-0.3, -0.25) is 0 Å². The van der Waals surface area contributed by atoms with E-state index in [1.54, 1.807) is 7.11 Å². The molecule has 90 valence electrons. The number of nitrogen functional groups attached to an aromatic ring is 1. The first-order valence-electron chi connectivity index (χ1n) is 5.31. The highest BCUT2D eigenvalue weighted by Crippen LogP contribution is 2.12. The van der Waals surface area contributed by atoms with Crippen molar-refractivity contribution in [3.63, 3.8) is 0 Å². The van der Waals surface area contributed by atoms with Crippen LogP contribution in [0.15, 0.2) is 24.3 Å². The van der Waals surface area contributed by atoms with Crippen molar-refractivity contribution >= 4 is 5.69 Å². The second-order valence-electron chi connectivity index (χ2n) is 3.55. The van der Waals surface area contributed by atoms with Crippen LogP contribution in [0.1, 0.15) is 6.92 Å². The Hall–Kier alpha value is -1.26. The van der Waals surface area contributed by atoms with Gasteiger partial charge in [0.25, 0.3) is 0 Å². The van der Waals surface area contributed by atoms with Gasteiger partial charge in [0.1, 0.15) is 12.4 Å². The van der Waals surface area contributed by atoms with Crippen molar-refractivity contribution in [1.82, 2.24) is 0 Å². The van der Waals surface area contributed by atoms with E-state index in [9.17, 15) is 0 Å². The zero-order chi connectivity index (χ0) is 11.8. The average molecular weight is 225 g/mol. The molecule has 1 atom stereocenters. The summed E-state index contributed by atoms with van der Waals surface area (Å²) >= 11 is 0. The molecule has 0 aromatic heterocycles. The van der Waals surface area contributed by atoms with Crippen LogP contribution in [0.25, 0.3) is 0 Å². The van der Waals surface area contributed by atoms with Gasteiger partial charge in [-0.25, -0.2) is 0 Å². The van der Waals surface area contributed by atoms with E-state index in [0.717, 1.165) is 11.4 Å². The van der Waals surface area contributed by atoms with Gasteiger partial charge in [-0.15, -0.1) is 0 Å². The Morgan fingerprint density at radius 2 is 1.88 bits per heavy atom. The molecule has 2 N–H and O–H groups in total. The predicted octanol–water partition coefficient (Wildman–Crippen LogP) is 1.70. The first-order valence-corrected chi connectivity index (χ1v) is 5.31. The largest absolute Gasteiger partial charge is 0.491 e. The lowest BCUT2D eigenvalue weighted by Crippen LogP contribution is -2.18. The van der Waals surface area contributed by atoms with Crippen molar-refractivity contribution in [3.05, 3.63) is 24.3 Å². The van der Waals surface area contributed by atoms with E-state index >= 15 is 0 Å². The molecule has 16 heavy (non-hydrogen) atoms. The molecule has 0 bridgehead atoms. The van der Waals surface area contributed by atoms with E-state index in [0.29, 0.717) is 19.8 Å². The van der Waals surface area contributed by atoms with E-state index in [4.69, 9.17) is 19.9 Å². The van der Waals surface area contributed by atoms with Crippen LogP contribution in [-0.4, -0.2) is 33.0 Å². The quantitative estimate of drug-likeness (QED) is 0.567. The Balaban J connectivity index is 2.13. The Morgan fingerprint density at radius 1 is 1.19 bits per heavy atom. The van der Waals surface area contributed by atoms with Crippen molar-refractivity contribution < 1.29 is 14.2 Å². The molecule has 0 amide bonds. The van der Waals surface area contributed by atoms with Gasteiger partial charge in [0.15, 0.2) is 0 Å². The molecule has 0 saturated carbocycles. The van der Waals surface area contributed by atoms with Crippen LogP contribution in [0.5, 0.6) is 5.75 Å². The maximum absolute atomic E-state index is 5.56. The van der Waals surface area contributed by atoms with Gasteiger partial charge in [-0.2, -0.15) is 0 Å². The standard InChI is InChI=1S/C12H19NO3/c1-10(9-14-2)15-7-8-16-12-5-3-11(13)4-6-12/h3-6,10H,7-9,13H2,1-2H3. The smallest absolute Gasteiger partial charge is 0.119 e. The molecule has 1 rings (SSSR count). The van der Waals surface area contributed by atoms with Crippen LogP contribution >= 0.6 is 0 Å². The summed E-state index contributed by atoms with van der Waals surface area (Å²) in [5.74, 6) is 0.803. The van der Waals surface area contributed by atoms with Gasteiger partial charge in [-0.05, 0) is 31.2 Å². The molecule has 0 aliphatic carbocycles. The number of hydrogen-bond donors (Lipinski definition) is 1. The summed E-state index contributed by atoms with van der Waals surface area (Å²) in [6.45, 7) is 3.64. The molecule has 4 nitrogen and oxygen atoms in total.